The molecule has 2 aliphatic heterocycles. The number of aromatic nitrogens is 2. The van der Waals surface area contributed by atoms with Crippen molar-refractivity contribution < 1.29 is 19.1 Å². The molecular weight excluding hydrogens is 462 g/mol. The summed E-state index contributed by atoms with van der Waals surface area (Å²) in [7, 11) is 8.78. The van der Waals surface area contributed by atoms with Crippen LogP contribution in [0.15, 0.2) is 36.5 Å². The molecular formula is C25H33N7O4. The Morgan fingerprint density at radius 1 is 1.22 bits per heavy atom. The number of hydrogen-bond acceptors (Lipinski definition) is 8. The maximum Gasteiger partial charge on any atom is 0.330 e. The Hall–Kier alpha value is -3.86. The molecule has 1 aromatic heterocycles. The zero-order valence-electron chi connectivity index (χ0n) is 21.4. The van der Waals surface area contributed by atoms with Gasteiger partial charge in [0.25, 0.3) is 0 Å². The third-order valence-corrected chi connectivity index (χ3v) is 6.28. The number of nitrogens with zero attached hydrogens (tertiary/aromatic N) is 6. The molecule has 0 bridgehead atoms. The molecule has 11 heteroatoms. The number of benzene rings is 1. The van der Waals surface area contributed by atoms with Crippen LogP contribution < -0.4 is 24.6 Å². The highest BCUT2D eigenvalue weighted by atomic mass is 16.5. The normalized spacial score (nSPS) is 17.7. The number of carbonyl (C=O) groups excluding carboxylic acids is 2. The van der Waals surface area contributed by atoms with Gasteiger partial charge in [-0.15, -0.1) is 0 Å². The lowest BCUT2D eigenvalue weighted by Gasteiger charge is -2.39. The lowest BCUT2D eigenvalue weighted by atomic mass is 10.1. The van der Waals surface area contributed by atoms with Crippen LogP contribution in [-0.2, 0) is 11.3 Å². The zero-order chi connectivity index (χ0) is 25.8. The van der Waals surface area contributed by atoms with Gasteiger partial charge in [-0.05, 0) is 20.5 Å². The van der Waals surface area contributed by atoms with Crippen LogP contribution in [0, 0.1) is 0 Å². The molecule has 36 heavy (non-hydrogen) atoms. The van der Waals surface area contributed by atoms with E-state index < -0.39 is 0 Å². The predicted octanol–water partition coefficient (Wildman–Crippen LogP) is 2.20. The summed E-state index contributed by atoms with van der Waals surface area (Å²) in [4.78, 5) is 42.8. The van der Waals surface area contributed by atoms with Crippen molar-refractivity contribution in [1.82, 2.24) is 19.8 Å². The van der Waals surface area contributed by atoms with Gasteiger partial charge in [0.15, 0.2) is 0 Å². The minimum absolute atomic E-state index is 0.0583. The van der Waals surface area contributed by atoms with Crippen molar-refractivity contribution in [2.24, 2.45) is 0 Å². The highest BCUT2D eigenvalue weighted by molar-refractivity contribution is 6.06. The van der Waals surface area contributed by atoms with Crippen LogP contribution in [0.25, 0.3) is 0 Å². The van der Waals surface area contributed by atoms with Crippen molar-refractivity contribution in [2.45, 2.75) is 19.0 Å². The molecule has 0 saturated carbocycles. The van der Waals surface area contributed by atoms with Crippen LogP contribution >= 0.6 is 0 Å². The molecule has 1 saturated heterocycles. The minimum Gasteiger partial charge on any atom is -0.497 e. The minimum atomic E-state index is -0.225. The Balaban J connectivity index is 1.66. The molecule has 192 valence electrons. The van der Waals surface area contributed by atoms with Crippen LogP contribution in [0.4, 0.5) is 22.2 Å². The molecule has 2 aliphatic rings. The average Bonchev–Trinajstić information content (AvgIpc) is 3.37. The van der Waals surface area contributed by atoms with Crippen molar-refractivity contribution in [2.75, 3.05) is 70.1 Å². The van der Waals surface area contributed by atoms with Crippen molar-refractivity contribution in [3.8, 4) is 11.5 Å². The maximum atomic E-state index is 14.0. The standard InChI is InChI=1S/C25H33N7O4/c1-26-24-27-14-17-15-31(19-11-20(35-4)13-21(12-19)36-5)25(34)32(23(17)28-24)18-8-10-30(16-18)22(33)7-6-9-29(2)3/h6-7,11-14,18H,8-10,15-16H2,1-5H3,(H,26,27,28). The summed E-state index contributed by atoms with van der Waals surface area (Å²) in [5.74, 6) is 2.10. The Labute approximate surface area is 211 Å². The quantitative estimate of drug-likeness (QED) is 0.556. The van der Waals surface area contributed by atoms with E-state index in [1.807, 2.05) is 25.1 Å². The Morgan fingerprint density at radius 3 is 2.58 bits per heavy atom. The number of urea groups is 1. The van der Waals surface area contributed by atoms with Crippen molar-refractivity contribution in [1.29, 1.82) is 0 Å². The molecule has 2 aromatic rings. The number of nitrogens with one attached hydrogen (secondary N) is 1. The first-order chi connectivity index (χ1) is 17.3. The van der Waals surface area contributed by atoms with E-state index in [2.05, 4.69) is 15.3 Å². The van der Waals surface area contributed by atoms with E-state index in [-0.39, 0.29) is 18.0 Å². The van der Waals surface area contributed by atoms with E-state index in [0.29, 0.717) is 61.6 Å². The van der Waals surface area contributed by atoms with Crippen LogP contribution in [0.2, 0.25) is 0 Å². The van der Waals surface area contributed by atoms with Gasteiger partial charge in [-0.25, -0.2) is 9.78 Å². The van der Waals surface area contributed by atoms with Gasteiger partial charge in [0.1, 0.15) is 17.3 Å². The summed E-state index contributed by atoms with van der Waals surface area (Å²) < 4.78 is 10.8. The van der Waals surface area contributed by atoms with E-state index >= 15 is 0 Å². The summed E-state index contributed by atoms with van der Waals surface area (Å²) in [5.41, 5.74) is 1.45. The van der Waals surface area contributed by atoms with Crippen molar-refractivity contribution in [3.05, 3.63) is 42.1 Å². The summed E-state index contributed by atoms with van der Waals surface area (Å²) >= 11 is 0. The SMILES string of the molecule is CNc1ncc2c(n1)N(C1CCN(C(=O)C=CCN(C)C)C1)C(=O)N(c1cc(OC)cc(OC)c1)C2. The number of anilines is 3. The molecule has 1 aromatic carbocycles. The van der Waals surface area contributed by atoms with E-state index in [1.165, 1.54) is 0 Å². The van der Waals surface area contributed by atoms with Gasteiger partial charge in [0, 0.05) is 62.7 Å². The number of methoxy groups -OCH3 is 2. The number of likely N-dealkylation sites (N-methyl/N-ethyl adjacent to an activating group) is 1. The number of carbonyl (C=O) groups is 2. The number of hydrogen-bond donors (Lipinski definition) is 1. The highest BCUT2D eigenvalue weighted by Crippen LogP contribution is 2.37. The second-order valence-electron chi connectivity index (χ2n) is 8.99. The third-order valence-electron chi connectivity index (χ3n) is 6.28. The molecule has 3 amide bonds. The maximum absolute atomic E-state index is 14.0. The lowest BCUT2D eigenvalue weighted by molar-refractivity contribution is -0.125. The summed E-state index contributed by atoms with van der Waals surface area (Å²) in [6.07, 6.45) is 5.83. The van der Waals surface area contributed by atoms with E-state index in [9.17, 15) is 9.59 Å². The van der Waals surface area contributed by atoms with Gasteiger partial charge in [-0.1, -0.05) is 6.08 Å². The van der Waals surface area contributed by atoms with Gasteiger partial charge in [0.05, 0.1) is 32.5 Å². The number of fused-ring (bicyclic) bond motifs is 1. The Kier molecular flexibility index (Phi) is 7.58. The number of amides is 3. The first-order valence-electron chi connectivity index (χ1n) is 11.8. The van der Waals surface area contributed by atoms with E-state index in [4.69, 9.17) is 9.47 Å². The van der Waals surface area contributed by atoms with Gasteiger partial charge >= 0.3 is 6.03 Å². The van der Waals surface area contributed by atoms with Crippen LogP contribution in [0.1, 0.15) is 12.0 Å². The molecule has 0 aliphatic carbocycles. The Bertz CT molecular complexity index is 1130. The lowest BCUT2D eigenvalue weighted by Crippen LogP contribution is -2.53. The zero-order valence-corrected chi connectivity index (χ0v) is 21.4. The fourth-order valence-corrected chi connectivity index (χ4v) is 4.40. The van der Waals surface area contributed by atoms with Gasteiger partial charge in [0.2, 0.25) is 11.9 Å². The van der Waals surface area contributed by atoms with E-state index in [0.717, 1.165) is 5.56 Å². The van der Waals surface area contributed by atoms with Crippen LogP contribution in [-0.4, -0.2) is 92.7 Å². The number of ether oxygens (including phenoxy) is 2. The number of rotatable bonds is 8. The highest BCUT2D eigenvalue weighted by Gasteiger charge is 2.41. The monoisotopic (exact) mass is 495 g/mol. The average molecular weight is 496 g/mol. The summed E-state index contributed by atoms with van der Waals surface area (Å²) in [6.45, 7) is 1.97. The first kappa shape index (κ1) is 25.2. The second kappa shape index (κ2) is 10.8. The summed E-state index contributed by atoms with van der Waals surface area (Å²) in [6, 6.07) is 4.91. The van der Waals surface area contributed by atoms with Gasteiger partial charge < -0.3 is 24.6 Å². The smallest absolute Gasteiger partial charge is 0.330 e. The van der Waals surface area contributed by atoms with E-state index in [1.54, 1.807) is 66.4 Å². The molecule has 0 spiro atoms. The van der Waals surface area contributed by atoms with Crippen molar-refractivity contribution >= 4 is 29.4 Å². The predicted molar refractivity (Wildman–Crippen MR) is 138 cm³/mol. The molecule has 1 N–H and O–H groups in total. The van der Waals surface area contributed by atoms with Crippen LogP contribution in [0.3, 0.4) is 0 Å². The van der Waals surface area contributed by atoms with Crippen LogP contribution in [0.5, 0.6) is 11.5 Å². The third kappa shape index (κ3) is 5.20. The molecule has 1 unspecified atom stereocenters. The molecule has 1 fully saturated rings. The molecule has 1 atom stereocenters. The fraction of sp³-hybridized carbons (Fsp3) is 0.440. The van der Waals surface area contributed by atoms with Gasteiger partial charge in [-0.2, -0.15) is 4.98 Å². The fourth-order valence-electron chi connectivity index (χ4n) is 4.40. The van der Waals surface area contributed by atoms with Gasteiger partial charge in [-0.3, -0.25) is 14.6 Å². The topological polar surface area (TPSA) is 103 Å². The summed E-state index contributed by atoms with van der Waals surface area (Å²) in [5, 5.41) is 2.95. The molecule has 0 radical (unpaired) electrons. The molecule has 11 nitrogen and oxygen atoms in total. The Morgan fingerprint density at radius 2 is 1.94 bits per heavy atom. The molecule has 4 rings (SSSR count). The largest absolute Gasteiger partial charge is 0.497 e. The van der Waals surface area contributed by atoms with Crippen molar-refractivity contribution in [3.63, 3.8) is 0 Å². The first-order valence-corrected chi connectivity index (χ1v) is 11.8. The second-order valence-corrected chi connectivity index (χ2v) is 8.99. The molecule has 3 heterocycles. The number of likely N-dealkylation sites (tertiary alicyclic amines) is 1.